The Bertz CT molecular complexity index is 1220. The first-order chi connectivity index (χ1) is 15.4. The summed E-state index contributed by atoms with van der Waals surface area (Å²) in [5.41, 5.74) is 3.12. The van der Waals surface area contributed by atoms with Crippen LogP contribution >= 0.6 is 34.5 Å². The van der Waals surface area contributed by atoms with Gasteiger partial charge in [-0.3, -0.25) is 4.79 Å². The van der Waals surface area contributed by atoms with E-state index in [1.54, 1.807) is 29.5 Å². The summed E-state index contributed by atoms with van der Waals surface area (Å²) in [4.78, 5) is 26.6. The van der Waals surface area contributed by atoms with E-state index in [1.807, 2.05) is 12.1 Å². The van der Waals surface area contributed by atoms with Crippen LogP contribution in [0.25, 0.3) is 0 Å². The Morgan fingerprint density at radius 2 is 1.91 bits per heavy atom. The number of halogens is 2. The second-order valence-corrected chi connectivity index (χ2v) is 10.1. The summed E-state index contributed by atoms with van der Waals surface area (Å²) >= 11 is 13.7. The fourth-order valence-corrected chi connectivity index (χ4v) is 6.10. The molecular weight excluding hydrogens is 467 g/mol. The average molecular weight is 487 g/mol. The van der Waals surface area contributed by atoms with E-state index in [4.69, 9.17) is 27.9 Å². The molecule has 5 rings (SSSR count). The maximum absolute atomic E-state index is 12.9. The van der Waals surface area contributed by atoms with Crippen LogP contribution in [0.5, 0.6) is 5.75 Å². The van der Waals surface area contributed by atoms with Crippen LogP contribution in [0.3, 0.4) is 0 Å². The van der Waals surface area contributed by atoms with Gasteiger partial charge in [0.2, 0.25) is 0 Å². The van der Waals surface area contributed by atoms with E-state index in [1.165, 1.54) is 22.6 Å². The fraction of sp³-hybridized carbons (Fsp3) is 0.250. The smallest absolute Gasteiger partial charge is 0.345 e. The number of thiophene rings is 1. The Morgan fingerprint density at radius 1 is 1.12 bits per heavy atom. The summed E-state index contributed by atoms with van der Waals surface area (Å²) in [5.74, 6) is 0.433. The van der Waals surface area contributed by atoms with Crippen LogP contribution < -0.4 is 15.4 Å². The van der Waals surface area contributed by atoms with Gasteiger partial charge in [0.15, 0.2) is 0 Å². The minimum absolute atomic E-state index is 0.0383. The summed E-state index contributed by atoms with van der Waals surface area (Å²) in [6, 6.07) is 11.7. The van der Waals surface area contributed by atoms with Crippen molar-refractivity contribution >= 4 is 51.4 Å². The molecule has 2 heterocycles. The van der Waals surface area contributed by atoms with Gasteiger partial charge >= 0.3 is 5.97 Å². The Balaban J connectivity index is 1.32. The molecular formula is C24H20Cl2N2O3S. The average Bonchev–Trinajstić information content (AvgIpc) is 3.12. The van der Waals surface area contributed by atoms with Crippen LogP contribution in [0.15, 0.2) is 42.5 Å². The van der Waals surface area contributed by atoms with Crippen LogP contribution in [-0.4, -0.2) is 11.9 Å². The highest BCUT2D eigenvalue weighted by Crippen LogP contribution is 2.42. The molecule has 0 bridgehead atoms. The topological polar surface area (TPSA) is 67.4 Å². The zero-order valence-corrected chi connectivity index (χ0v) is 19.5. The second kappa shape index (κ2) is 8.43. The van der Waals surface area contributed by atoms with Crippen molar-refractivity contribution in [3.05, 3.63) is 79.6 Å². The van der Waals surface area contributed by atoms with Crippen LogP contribution in [0.2, 0.25) is 10.0 Å². The molecule has 0 saturated heterocycles. The molecule has 0 radical (unpaired) electrons. The van der Waals surface area contributed by atoms with Gasteiger partial charge in [-0.25, -0.2) is 4.79 Å². The fourth-order valence-electron chi connectivity index (χ4n) is 4.18. The number of hydrogen-bond donors (Lipinski definition) is 2. The predicted octanol–water partition coefficient (Wildman–Crippen LogP) is 6.25. The summed E-state index contributed by atoms with van der Waals surface area (Å²) < 4.78 is 5.43. The highest BCUT2D eigenvalue weighted by atomic mass is 35.5. The van der Waals surface area contributed by atoms with Crippen molar-refractivity contribution in [2.24, 2.45) is 5.92 Å². The van der Waals surface area contributed by atoms with Crippen molar-refractivity contribution in [2.45, 2.75) is 32.4 Å². The van der Waals surface area contributed by atoms with Crippen molar-refractivity contribution in [1.82, 2.24) is 5.32 Å². The van der Waals surface area contributed by atoms with Crippen molar-refractivity contribution in [3.8, 4) is 5.75 Å². The molecule has 0 unspecified atom stereocenters. The number of carbonyl (C=O) groups is 2. The number of amides is 1. The summed E-state index contributed by atoms with van der Waals surface area (Å²) in [7, 11) is 0. The largest absolute Gasteiger partial charge is 0.423 e. The first-order valence-electron chi connectivity index (χ1n) is 10.4. The molecule has 0 saturated carbocycles. The van der Waals surface area contributed by atoms with E-state index >= 15 is 0 Å². The zero-order valence-electron chi connectivity index (χ0n) is 17.2. The van der Waals surface area contributed by atoms with Crippen molar-refractivity contribution in [1.29, 1.82) is 0 Å². The lowest BCUT2D eigenvalue weighted by Crippen LogP contribution is -2.38. The number of ether oxygens (including phenoxy) is 1. The van der Waals surface area contributed by atoms with E-state index < -0.39 is 5.97 Å². The molecule has 2 N–H and O–H groups in total. The molecule has 1 amide bonds. The van der Waals surface area contributed by atoms with Gasteiger partial charge < -0.3 is 15.4 Å². The van der Waals surface area contributed by atoms with Gasteiger partial charge in [0.05, 0.1) is 16.1 Å². The van der Waals surface area contributed by atoms with Gasteiger partial charge in [0, 0.05) is 9.90 Å². The molecule has 2 aromatic carbocycles. The lowest BCUT2D eigenvalue weighted by Gasteiger charge is -2.27. The van der Waals surface area contributed by atoms with Gasteiger partial charge in [-0.05, 0) is 66.6 Å². The maximum Gasteiger partial charge on any atom is 0.345 e. The maximum atomic E-state index is 12.9. The first kappa shape index (κ1) is 21.3. The summed E-state index contributed by atoms with van der Waals surface area (Å²) in [5, 5.41) is 8.13. The molecule has 32 heavy (non-hydrogen) atoms. The number of fused-ring (bicyclic) bond motifs is 3. The van der Waals surface area contributed by atoms with Gasteiger partial charge in [0.25, 0.3) is 5.91 Å². The minimum atomic E-state index is -0.563. The third kappa shape index (κ3) is 3.98. The number of esters is 1. The molecule has 0 spiro atoms. The molecule has 2 atom stereocenters. The number of carbonyl (C=O) groups excluding carboxylic acids is 2. The SMILES string of the molecule is C[C@@H]1CCc2c(sc3c2C(=O)N[C@H](c2ccc(OC(=O)c4ccc(Cl)cc4Cl)cc2)N3)C1. The zero-order chi connectivity index (χ0) is 22.4. The lowest BCUT2D eigenvalue weighted by atomic mass is 9.88. The third-order valence-corrected chi connectivity index (χ3v) is 7.60. The van der Waals surface area contributed by atoms with Crippen LogP contribution in [-0.2, 0) is 12.8 Å². The number of benzene rings is 2. The lowest BCUT2D eigenvalue weighted by molar-refractivity contribution is 0.0734. The summed E-state index contributed by atoms with van der Waals surface area (Å²) in [6.07, 6.45) is 2.77. The second-order valence-electron chi connectivity index (χ2n) is 8.19. The van der Waals surface area contributed by atoms with E-state index in [0.29, 0.717) is 16.7 Å². The van der Waals surface area contributed by atoms with Crippen LogP contribution in [0.4, 0.5) is 5.00 Å². The normalized spacial score (nSPS) is 19.4. The number of hydrogen-bond acceptors (Lipinski definition) is 5. The Hall–Kier alpha value is -2.54. The number of anilines is 1. The molecule has 1 aliphatic carbocycles. The Morgan fingerprint density at radius 3 is 2.66 bits per heavy atom. The molecule has 8 heteroatoms. The van der Waals surface area contributed by atoms with E-state index in [2.05, 4.69) is 17.6 Å². The highest BCUT2D eigenvalue weighted by Gasteiger charge is 2.33. The Kier molecular flexibility index (Phi) is 5.61. The molecule has 164 valence electrons. The standard InChI is InChI=1S/C24H20Cl2N2O3S/c1-12-2-8-17-19(10-12)32-23-20(17)22(29)27-21(28-23)13-3-6-15(7-4-13)31-24(30)16-9-5-14(25)11-18(16)26/h3-7,9,11-12,21,28H,2,8,10H2,1H3,(H,27,29)/t12-,21+/m1/s1. The predicted molar refractivity (Wildman–Crippen MR) is 127 cm³/mol. The van der Waals surface area contributed by atoms with E-state index in [9.17, 15) is 9.59 Å². The monoisotopic (exact) mass is 486 g/mol. The van der Waals surface area contributed by atoms with Crippen molar-refractivity contribution < 1.29 is 14.3 Å². The van der Waals surface area contributed by atoms with Gasteiger partial charge in [-0.2, -0.15) is 0 Å². The molecule has 2 aliphatic rings. The van der Waals surface area contributed by atoms with E-state index in [-0.39, 0.29) is 22.7 Å². The molecule has 0 fully saturated rings. The van der Waals surface area contributed by atoms with Crippen LogP contribution in [0, 0.1) is 5.92 Å². The molecule has 5 nitrogen and oxygen atoms in total. The van der Waals surface area contributed by atoms with Gasteiger partial charge in [-0.1, -0.05) is 42.3 Å². The molecule has 1 aliphatic heterocycles. The number of nitrogens with one attached hydrogen (secondary N) is 2. The molecule has 3 aromatic rings. The van der Waals surface area contributed by atoms with Gasteiger partial charge in [0.1, 0.15) is 16.9 Å². The van der Waals surface area contributed by atoms with Crippen molar-refractivity contribution in [3.63, 3.8) is 0 Å². The van der Waals surface area contributed by atoms with E-state index in [0.717, 1.165) is 35.4 Å². The van der Waals surface area contributed by atoms with Crippen molar-refractivity contribution in [2.75, 3.05) is 5.32 Å². The number of rotatable bonds is 3. The first-order valence-corrected chi connectivity index (χ1v) is 12.0. The highest BCUT2D eigenvalue weighted by molar-refractivity contribution is 7.16. The quantitative estimate of drug-likeness (QED) is 0.339. The third-order valence-electron chi connectivity index (χ3n) is 5.86. The minimum Gasteiger partial charge on any atom is -0.423 e. The Labute approximate surface area is 199 Å². The van der Waals surface area contributed by atoms with Gasteiger partial charge in [-0.15, -0.1) is 11.3 Å². The molecule has 1 aromatic heterocycles. The van der Waals surface area contributed by atoms with Crippen LogP contribution in [0.1, 0.15) is 56.2 Å². The summed E-state index contributed by atoms with van der Waals surface area (Å²) in [6.45, 7) is 2.26.